The van der Waals surface area contributed by atoms with E-state index in [1.165, 1.54) is 54.7 Å². The first-order chi connectivity index (χ1) is 27.8. The standard InChI is InChI=1S/C54H35NO/c1-3-13-36(14-4-1)39-27-32-53-51(33-39)52-35-50(47-21-11-12-22-48(47)54(52)56-53)38-25-30-43(31-26-38)55(41-16-5-2-6-17-41)42-28-23-37(24-29-42)49-34-40-15-7-8-18-44(40)45-19-9-10-20-46(45)49/h1-35H. The minimum atomic E-state index is 0.899. The Labute approximate surface area is 325 Å². The van der Waals surface area contributed by atoms with Crippen LogP contribution >= 0.6 is 0 Å². The minimum Gasteiger partial charge on any atom is -0.455 e. The van der Waals surface area contributed by atoms with Gasteiger partial charge in [0.1, 0.15) is 11.2 Å². The second-order valence-corrected chi connectivity index (χ2v) is 14.5. The molecule has 11 rings (SSSR count). The van der Waals surface area contributed by atoms with Crippen molar-refractivity contribution < 1.29 is 4.42 Å². The zero-order valence-corrected chi connectivity index (χ0v) is 30.6. The van der Waals surface area contributed by atoms with Crippen LogP contribution in [-0.4, -0.2) is 0 Å². The van der Waals surface area contributed by atoms with Crippen LogP contribution in [-0.2, 0) is 0 Å². The number of anilines is 3. The van der Waals surface area contributed by atoms with Gasteiger partial charge in [-0.3, -0.25) is 0 Å². The molecular formula is C54H35NO. The number of hydrogen-bond acceptors (Lipinski definition) is 2. The molecule has 56 heavy (non-hydrogen) atoms. The Bertz CT molecular complexity index is 3220. The summed E-state index contributed by atoms with van der Waals surface area (Å²) in [6.07, 6.45) is 0. The molecular weight excluding hydrogens is 679 g/mol. The van der Waals surface area contributed by atoms with E-state index in [9.17, 15) is 0 Å². The number of nitrogens with zero attached hydrogens (tertiary/aromatic N) is 1. The van der Waals surface area contributed by atoms with Crippen LogP contribution in [0.1, 0.15) is 0 Å². The zero-order chi connectivity index (χ0) is 37.0. The first kappa shape index (κ1) is 32.0. The number of para-hydroxylation sites is 1. The lowest BCUT2D eigenvalue weighted by molar-refractivity contribution is 0.673. The fourth-order valence-corrected chi connectivity index (χ4v) is 8.54. The number of fused-ring (bicyclic) bond motifs is 8. The van der Waals surface area contributed by atoms with Crippen molar-refractivity contribution in [1.29, 1.82) is 0 Å². The van der Waals surface area contributed by atoms with Crippen LogP contribution in [0.3, 0.4) is 0 Å². The molecule has 0 atom stereocenters. The van der Waals surface area contributed by atoms with Gasteiger partial charge in [0.15, 0.2) is 0 Å². The molecule has 0 spiro atoms. The predicted octanol–water partition coefficient (Wildman–Crippen LogP) is 15.5. The molecule has 0 unspecified atom stereocenters. The highest BCUT2D eigenvalue weighted by atomic mass is 16.3. The third kappa shape index (κ3) is 5.34. The van der Waals surface area contributed by atoms with Gasteiger partial charge in [-0.1, -0.05) is 152 Å². The summed E-state index contributed by atoms with van der Waals surface area (Å²) in [6.45, 7) is 0. The van der Waals surface area contributed by atoms with Crippen LogP contribution in [0.4, 0.5) is 17.1 Å². The summed E-state index contributed by atoms with van der Waals surface area (Å²) in [5.41, 5.74) is 12.3. The Balaban J connectivity index is 1.01. The largest absolute Gasteiger partial charge is 0.455 e. The van der Waals surface area contributed by atoms with E-state index in [1.54, 1.807) is 0 Å². The third-order valence-corrected chi connectivity index (χ3v) is 11.2. The maximum absolute atomic E-state index is 6.57. The summed E-state index contributed by atoms with van der Waals surface area (Å²) in [5, 5.41) is 9.62. The number of furan rings is 1. The van der Waals surface area contributed by atoms with Crippen LogP contribution < -0.4 is 4.90 Å². The van der Waals surface area contributed by atoms with E-state index in [1.807, 2.05) is 0 Å². The van der Waals surface area contributed by atoms with Crippen LogP contribution in [0.25, 0.3) is 87.6 Å². The highest BCUT2D eigenvalue weighted by Gasteiger charge is 2.18. The molecule has 262 valence electrons. The first-order valence-electron chi connectivity index (χ1n) is 19.2. The summed E-state index contributed by atoms with van der Waals surface area (Å²) in [6, 6.07) is 76.4. The lowest BCUT2D eigenvalue weighted by atomic mass is 9.93. The Kier molecular flexibility index (Phi) is 7.53. The maximum atomic E-state index is 6.57. The predicted molar refractivity (Wildman–Crippen MR) is 237 cm³/mol. The summed E-state index contributed by atoms with van der Waals surface area (Å²) in [5.74, 6) is 0. The van der Waals surface area contributed by atoms with E-state index < -0.39 is 0 Å². The van der Waals surface area contributed by atoms with Gasteiger partial charge >= 0.3 is 0 Å². The van der Waals surface area contributed by atoms with Crippen molar-refractivity contribution >= 4 is 71.3 Å². The van der Waals surface area contributed by atoms with Crippen LogP contribution in [0.15, 0.2) is 217 Å². The van der Waals surface area contributed by atoms with Crippen LogP contribution in [0.5, 0.6) is 0 Å². The molecule has 0 aliphatic heterocycles. The summed E-state index contributed by atoms with van der Waals surface area (Å²) in [7, 11) is 0. The zero-order valence-electron chi connectivity index (χ0n) is 30.6. The molecule has 11 aromatic rings. The second kappa shape index (κ2) is 13.2. The van der Waals surface area contributed by atoms with E-state index >= 15 is 0 Å². The van der Waals surface area contributed by atoms with Crippen molar-refractivity contribution in [2.75, 3.05) is 4.90 Å². The molecule has 1 aromatic heterocycles. The molecule has 10 aromatic carbocycles. The van der Waals surface area contributed by atoms with Crippen molar-refractivity contribution in [2.45, 2.75) is 0 Å². The van der Waals surface area contributed by atoms with Crippen molar-refractivity contribution in [2.24, 2.45) is 0 Å². The van der Waals surface area contributed by atoms with Gasteiger partial charge < -0.3 is 9.32 Å². The summed E-state index contributed by atoms with van der Waals surface area (Å²) < 4.78 is 6.57. The maximum Gasteiger partial charge on any atom is 0.143 e. The first-order valence-corrected chi connectivity index (χ1v) is 19.2. The van der Waals surface area contributed by atoms with Crippen LogP contribution in [0, 0.1) is 0 Å². The lowest BCUT2D eigenvalue weighted by Crippen LogP contribution is -2.09. The molecule has 0 saturated heterocycles. The van der Waals surface area contributed by atoms with Gasteiger partial charge in [0.25, 0.3) is 0 Å². The van der Waals surface area contributed by atoms with Gasteiger partial charge in [-0.05, 0) is 121 Å². The normalized spacial score (nSPS) is 11.6. The topological polar surface area (TPSA) is 16.4 Å². The average molecular weight is 714 g/mol. The SMILES string of the molecule is c1ccc(-c2ccc3oc4c5ccccc5c(-c5ccc(N(c6ccccc6)c6ccc(-c7cc8ccccc8c8ccccc78)cc6)cc5)cc4c3c2)cc1. The Morgan fingerprint density at radius 1 is 0.286 bits per heavy atom. The fourth-order valence-electron chi connectivity index (χ4n) is 8.54. The average Bonchev–Trinajstić information content (AvgIpc) is 3.65. The number of rotatable bonds is 6. The highest BCUT2D eigenvalue weighted by molar-refractivity contribution is 6.19. The number of benzene rings is 10. The molecule has 0 amide bonds. The van der Waals surface area contributed by atoms with Gasteiger partial charge in [0.05, 0.1) is 0 Å². The van der Waals surface area contributed by atoms with Crippen molar-refractivity contribution in [3.8, 4) is 33.4 Å². The fraction of sp³-hybridized carbons (Fsp3) is 0. The van der Waals surface area contributed by atoms with Gasteiger partial charge in [0.2, 0.25) is 0 Å². The molecule has 0 N–H and O–H groups in total. The van der Waals surface area contributed by atoms with E-state index in [4.69, 9.17) is 4.42 Å². The third-order valence-electron chi connectivity index (χ3n) is 11.2. The van der Waals surface area contributed by atoms with Gasteiger partial charge in [0, 0.05) is 33.2 Å². The highest BCUT2D eigenvalue weighted by Crippen LogP contribution is 2.43. The summed E-state index contributed by atoms with van der Waals surface area (Å²) >= 11 is 0. The Morgan fingerprint density at radius 2 is 0.786 bits per heavy atom. The van der Waals surface area contributed by atoms with Crippen LogP contribution in [0.2, 0.25) is 0 Å². The van der Waals surface area contributed by atoms with Gasteiger partial charge in [-0.2, -0.15) is 0 Å². The molecule has 0 bridgehead atoms. The molecule has 0 radical (unpaired) electrons. The van der Waals surface area contributed by atoms with Gasteiger partial charge in [-0.25, -0.2) is 0 Å². The van der Waals surface area contributed by atoms with E-state index in [2.05, 4.69) is 217 Å². The van der Waals surface area contributed by atoms with E-state index in [0.29, 0.717) is 0 Å². The van der Waals surface area contributed by atoms with Gasteiger partial charge in [-0.15, -0.1) is 0 Å². The van der Waals surface area contributed by atoms with Crippen molar-refractivity contribution in [1.82, 2.24) is 0 Å². The molecule has 2 heteroatoms. The molecule has 0 aliphatic carbocycles. The molecule has 0 aliphatic rings. The van der Waals surface area contributed by atoms with E-state index in [0.717, 1.165) is 50.0 Å². The summed E-state index contributed by atoms with van der Waals surface area (Å²) in [4.78, 5) is 2.34. The van der Waals surface area contributed by atoms with Crippen molar-refractivity contribution in [3.63, 3.8) is 0 Å². The minimum absolute atomic E-state index is 0.899. The van der Waals surface area contributed by atoms with Crippen molar-refractivity contribution in [3.05, 3.63) is 212 Å². The molecule has 0 fully saturated rings. The Hall–Kier alpha value is -7.42. The quantitative estimate of drug-likeness (QED) is 0.160. The molecule has 0 saturated carbocycles. The smallest absolute Gasteiger partial charge is 0.143 e. The second-order valence-electron chi connectivity index (χ2n) is 14.5. The Morgan fingerprint density at radius 3 is 1.46 bits per heavy atom. The number of hydrogen-bond donors (Lipinski definition) is 0. The molecule has 1 heterocycles. The lowest BCUT2D eigenvalue weighted by Gasteiger charge is -2.26. The van der Waals surface area contributed by atoms with E-state index in [-0.39, 0.29) is 0 Å². The molecule has 2 nitrogen and oxygen atoms in total. The monoisotopic (exact) mass is 713 g/mol.